The fourth-order valence-corrected chi connectivity index (χ4v) is 1.81. The Balaban J connectivity index is 2.67. The zero-order valence-corrected chi connectivity index (χ0v) is 11.7. The maximum absolute atomic E-state index is 5.68. The van der Waals surface area contributed by atoms with Crippen molar-refractivity contribution in [1.82, 2.24) is 5.32 Å². The first-order chi connectivity index (χ1) is 7.95. The van der Waals surface area contributed by atoms with Gasteiger partial charge >= 0.3 is 0 Å². The summed E-state index contributed by atoms with van der Waals surface area (Å²) in [5.74, 6) is 1.53. The summed E-state index contributed by atoms with van der Waals surface area (Å²) in [5.41, 5.74) is 1.49. The molecule has 0 fully saturated rings. The van der Waals surface area contributed by atoms with Crippen LogP contribution >= 0.6 is 0 Å². The van der Waals surface area contributed by atoms with Crippen LogP contribution in [0.3, 0.4) is 0 Å². The summed E-state index contributed by atoms with van der Waals surface area (Å²) >= 11 is 0. The maximum atomic E-state index is 5.68. The normalized spacial score (nSPS) is 11.9. The molecule has 2 nitrogen and oxygen atoms in total. The van der Waals surface area contributed by atoms with E-state index in [2.05, 4.69) is 57.3 Å². The van der Waals surface area contributed by atoms with Crippen LogP contribution < -0.4 is 10.1 Å². The molecule has 0 heterocycles. The van der Waals surface area contributed by atoms with E-state index in [-0.39, 0.29) is 5.41 Å². The van der Waals surface area contributed by atoms with E-state index in [0.29, 0.717) is 5.92 Å². The fraction of sp³-hybridized carbons (Fsp3) is 0.600. The van der Waals surface area contributed by atoms with E-state index in [9.17, 15) is 0 Å². The Hall–Kier alpha value is -1.02. The Morgan fingerprint density at radius 3 is 2.24 bits per heavy atom. The van der Waals surface area contributed by atoms with Crippen molar-refractivity contribution in [2.24, 2.45) is 5.92 Å². The minimum absolute atomic E-state index is 0.158. The molecule has 96 valence electrons. The largest absolute Gasteiger partial charge is 0.493 e. The van der Waals surface area contributed by atoms with Crippen LogP contribution in [0.15, 0.2) is 24.3 Å². The first kappa shape index (κ1) is 14.0. The summed E-state index contributed by atoms with van der Waals surface area (Å²) in [5, 5.41) is 3.23. The molecular formula is C15H25NO. The van der Waals surface area contributed by atoms with Crippen LogP contribution in [0.25, 0.3) is 0 Å². The Kier molecular flexibility index (Phi) is 5.01. The highest BCUT2D eigenvalue weighted by Gasteiger charge is 2.19. The van der Waals surface area contributed by atoms with Crippen LogP contribution in [0.4, 0.5) is 0 Å². The molecule has 0 aliphatic carbocycles. The van der Waals surface area contributed by atoms with Gasteiger partial charge < -0.3 is 10.1 Å². The van der Waals surface area contributed by atoms with Gasteiger partial charge in [0.1, 0.15) is 5.75 Å². The summed E-state index contributed by atoms with van der Waals surface area (Å²) in [6.07, 6.45) is 0. The maximum Gasteiger partial charge on any atom is 0.119 e. The molecular weight excluding hydrogens is 210 g/mol. The molecule has 0 atom stereocenters. The standard InChI is InChI=1S/C15H25NO/c1-12(2)10-17-14-8-6-13(7-9-14)15(3,4)11-16-5/h6-9,12,16H,10-11H2,1-5H3. The van der Waals surface area contributed by atoms with Gasteiger partial charge in [-0.2, -0.15) is 0 Å². The quantitative estimate of drug-likeness (QED) is 0.817. The number of likely N-dealkylation sites (N-methyl/N-ethyl adjacent to an activating group) is 1. The Labute approximate surface area is 105 Å². The Morgan fingerprint density at radius 2 is 1.76 bits per heavy atom. The minimum Gasteiger partial charge on any atom is -0.493 e. The molecule has 1 aromatic rings. The Morgan fingerprint density at radius 1 is 1.18 bits per heavy atom. The second-order valence-corrected chi connectivity index (χ2v) is 5.64. The molecule has 0 saturated heterocycles. The zero-order valence-electron chi connectivity index (χ0n) is 11.7. The van der Waals surface area contributed by atoms with Gasteiger partial charge in [0.05, 0.1) is 6.61 Å². The highest BCUT2D eigenvalue weighted by Crippen LogP contribution is 2.24. The molecule has 0 saturated carbocycles. The molecule has 0 unspecified atom stereocenters. The number of hydrogen-bond acceptors (Lipinski definition) is 2. The van der Waals surface area contributed by atoms with Crippen LogP contribution in [-0.4, -0.2) is 20.2 Å². The van der Waals surface area contributed by atoms with E-state index < -0.39 is 0 Å². The first-order valence-corrected chi connectivity index (χ1v) is 6.33. The van der Waals surface area contributed by atoms with Crippen LogP contribution in [0.5, 0.6) is 5.75 Å². The molecule has 0 aliphatic rings. The van der Waals surface area contributed by atoms with Crippen LogP contribution in [0, 0.1) is 5.92 Å². The molecule has 1 N–H and O–H groups in total. The molecule has 0 aromatic heterocycles. The van der Waals surface area contributed by atoms with Gasteiger partial charge in [-0.3, -0.25) is 0 Å². The SMILES string of the molecule is CNCC(C)(C)c1ccc(OCC(C)C)cc1. The average Bonchev–Trinajstić information content (AvgIpc) is 2.27. The van der Waals surface area contributed by atoms with Gasteiger partial charge in [0.25, 0.3) is 0 Å². The number of hydrogen-bond donors (Lipinski definition) is 1. The molecule has 0 aliphatic heterocycles. The van der Waals surface area contributed by atoms with Crippen LogP contribution in [0.2, 0.25) is 0 Å². The van der Waals surface area contributed by atoms with Gasteiger partial charge in [0.2, 0.25) is 0 Å². The lowest BCUT2D eigenvalue weighted by Gasteiger charge is -2.25. The van der Waals surface area contributed by atoms with Gasteiger partial charge in [-0.25, -0.2) is 0 Å². The second-order valence-electron chi connectivity index (χ2n) is 5.64. The minimum atomic E-state index is 0.158. The van der Waals surface area contributed by atoms with Crippen molar-refractivity contribution in [3.63, 3.8) is 0 Å². The van der Waals surface area contributed by atoms with E-state index >= 15 is 0 Å². The van der Waals surface area contributed by atoms with Gasteiger partial charge in [0, 0.05) is 12.0 Å². The molecule has 17 heavy (non-hydrogen) atoms. The molecule has 0 spiro atoms. The van der Waals surface area contributed by atoms with E-state index in [0.717, 1.165) is 18.9 Å². The lowest BCUT2D eigenvalue weighted by atomic mass is 9.84. The van der Waals surface area contributed by atoms with Gasteiger partial charge in [0.15, 0.2) is 0 Å². The van der Waals surface area contributed by atoms with E-state index in [1.807, 2.05) is 7.05 Å². The van der Waals surface area contributed by atoms with Crippen molar-refractivity contribution in [2.45, 2.75) is 33.1 Å². The van der Waals surface area contributed by atoms with Crippen molar-refractivity contribution in [2.75, 3.05) is 20.2 Å². The Bertz CT molecular complexity index is 327. The summed E-state index contributed by atoms with van der Waals surface area (Å²) < 4.78 is 5.68. The van der Waals surface area contributed by atoms with Gasteiger partial charge in [-0.05, 0) is 30.7 Å². The topological polar surface area (TPSA) is 21.3 Å². The third-order valence-corrected chi connectivity index (χ3v) is 2.84. The lowest BCUT2D eigenvalue weighted by Crippen LogP contribution is -2.30. The second kappa shape index (κ2) is 6.06. The van der Waals surface area contributed by atoms with Crippen molar-refractivity contribution < 1.29 is 4.74 Å². The van der Waals surface area contributed by atoms with E-state index in [1.54, 1.807) is 0 Å². The molecule has 2 heteroatoms. The van der Waals surface area contributed by atoms with Crippen molar-refractivity contribution in [3.8, 4) is 5.75 Å². The lowest BCUT2D eigenvalue weighted by molar-refractivity contribution is 0.271. The van der Waals surface area contributed by atoms with Gasteiger partial charge in [-0.15, -0.1) is 0 Å². The molecule has 1 aromatic carbocycles. The summed E-state index contributed by atoms with van der Waals surface area (Å²) in [6.45, 7) is 10.5. The highest BCUT2D eigenvalue weighted by molar-refractivity contribution is 5.31. The monoisotopic (exact) mass is 235 g/mol. The first-order valence-electron chi connectivity index (χ1n) is 6.33. The highest BCUT2D eigenvalue weighted by atomic mass is 16.5. The van der Waals surface area contributed by atoms with Crippen molar-refractivity contribution in [3.05, 3.63) is 29.8 Å². The number of nitrogens with one attached hydrogen (secondary N) is 1. The fourth-order valence-electron chi connectivity index (χ4n) is 1.81. The smallest absolute Gasteiger partial charge is 0.119 e. The number of ether oxygens (including phenoxy) is 1. The van der Waals surface area contributed by atoms with Crippen molar-refractivity contribution in [1.29, 1.82) is 0 Å². The molecule has 0 bridgehead atoms. The third kappa shape index (κ3) is 4.39. The summed E-state index contributed by atoms with van der Waals surface area (Å²) in [4.78, 5) is 0. The number of rotatable bonds is 6. The number of benzene rings is 1. The molecule has 1 rings (SSSR count). The van der Waals surface area contributed by atoms with E-state index in [1.165, 1.54) is 5.56 Å². The van der Waals surface area contributed by atoms with Crippen LogP contribution in [-0.2, 0) is 5.41 Å². The zero-order chi connectivity index (χ0) is 12.9. The molecule has 0 radical (unpaired) electrons. The van der Waals surface area contributed by atoms with E-state index in [4.69, 9.17) is 4.74 Å². The van der Waals surface area contributed by atoms with Crippen LogP contribution in [0.1, 0.15) is 33.3 Å². The summed E-state index contributed by atoms with van der Waals surface area (Å²) in [7, 11) is 1.99. The molecule has 0 amide bonds. The third-order valence-electron chi connectivity index (χ3n) is 2.84. The van der Waals surface area contributed by atoms with Crippen molar-refractivity contribution >= 4 is 0 Å². The van der Waals surface area contributed by atoms with Gasteiger partial charge in [-0.1, -0.05) is 39.8 Å². The average molecular weight is 235 g/mol. The predicted molar refractivity (Wildman–Crippen MR) is 73.7 cm³/mol. The summed E-state index contributed by atoms with van der Waals surface area (Å²) in [6, 6.07) is 8.45. The predicted octanol–water partition coefficient (Wildman–Crippen LogP) is 3.22.